The van der Waals surface area contributed by atoms with Crippen molar-refractivity contribution in [3.8, 4) is 0 Å². The summed E-state index contributed by atoms with van der Waals surface area (Å²) in [5.41, 5.74) is 0.412. The largest absolute Gasteiger partial charge is 0.384 e. The lowest BCUT2D eigenvalue weighted by atomic mass is 9.91. The predicted octanol–water partition coefficient (Wildman–Crippen LogP) is 3.16. The number of aliphatic hydroxyl groups is 1. The molecule has 1 N–H and O–H groups in total. The number of halogens is 1. The van der Waals surface area contributed by atoms with Crippen molar-refractivity contribution in [1.82, 2.24) is 0 Å². The number of rotatable bonds is 1. The minimum atomic E-state index is -0.622. The average molecular weight is 273 g/mol. The maximum Gasteiger partial charge on any atom is 0.0997 e. The van der Waals surface area contributed by atoms with Gasteiger partial charge in [-0.05, 0) is 30.2 Å². The lowest BCUT2D eigenvalue weighted by Crippen LogP contribution is -2.32. The zero-order chi connectivity index (χ0) is 10.0. The lowest BCUT2D eigenvalue weighted by Gasteiger charge is -2.32. The van der Waals surface area contributed by atoms with E-state index in [1.807, 2.05) is 36.0 Å². The Morgan fingerprint density at radius 2 is 2.14 bits per heavy atom. The van der Waals surface area contributed by atoms with Gasteiger partial charge in [0.05, 0.1) is 5.60 Å². The van der Waals surface area contributed by atoms with E-state index in [0.29, 0.717) is 0 Å². The van der Waals surface area contributed by atoms with Gasteiger partial charge < -0.3 is 5.11 Å². The van der Waals surface area contributed by atoms with Crippen molar-refractivity contribution in [2.75, 3.05) is 11.5 Å². The van der Waals surface area contributed by atoms with E-state index in [-0.39, 0.29) is 0 Å². The van der Waals surface area contributed by atoms with Crippen molar-refractivity contribution in [2.24, 2.45) is 0 Å². The summed E-state index contributed by atoms with van der Waals surface area (Å²) < 4.78 is 1.02. The van der Waals surface area contributed by atoms with E-state index in [1.54, 1.807) is 0 Å². The fourth-order valence-corrected chi connectivity index (χ4v) is 3.62. The summed E-state index contributed by atoms with van der Waals surface area (Å²) >= 11 is 5.33. The van der Waals surface area contributed by atoms with Gasteiger partial charge in [0.2, 0.25) is 0 Å². The molecule has 0 unspecified atom stereocenters. The molecule has 1 aliphatic rings. The minimum Gasteiger partial charge on any atom is -0.384 e. The van der Waals surface area contributed by atoms with Crippen LogP contribution in [0.3, 0.4) is 0 Å². The number of hydrogen-bond donors (Lipinski definition) is 1. The van der Waals surface area contributed by atoms with E-state index in [0.717, 1.165) is 28.6 Å². The molecule has 0 aromatic heterocycles. The number of thioether (sulfide) groups is 1. The van der Waals surface area contributed by atoms with E-state index in [4.69, 9.17) is 0 Å². The summed E-state index contributed by atoms with van der Waals surface area (Å²) in [5.74, 6) is 1.99. The van der Waals surface area contributed by atoms with Crippen molar-refractivity contribution in [1.29, 1.82) is 0 Å². The molecule has 0 aliphatic carbocycles. The summed E-state index contributed by atoms with van der Waals surface area (Å²) in [7, 11) is 0. The summed E-state index contributed by atoms with van der Waals surface area (Å²) in [6.45, 7) is 0. The zero-order valence-corrected chi connectivity index (χ0v) is 10.3. The predicted molar refractivity (Wildman–Crippen MR) is 64.6 cm³/mol. The second-order valence-corrected chi connectivity index (χ2v) is 5.63. The van der Waals surface area contributed by atoms with Crippen molar-refractivity contribution >= 4 is 27.7 Å². The highest BCUT2D eigenvalue weighted by molar-refractivity contribution is 9.10. The molecule has 0 spiro atoms. The summed E-state index contributed by atoms with van der Waals surface area (Å²) in [4.78, 5) is 0. The van der Waals surface area contributed by atoms with Crippen LogP contribution in [0.15, 0.2) is 28.7 Å². The molecule has 1 heterocycles. The highest BCUT2D eigenvalue weighted by Gasteiger charge is 2.32. The van der Waals surface area contributed by atoms with Crippen molar-refractivity contribution in [2.45, 2.75) is 18.4 Å². The summed E-state index contributed by atoms with van der Waals surface area (Å²) in [5, 5.41) is 10.5. The Morgan fingerprint density at radius 1 is 1.36 bits per heavy atom. The summed E-state index contributed by atoms with van der Waals surface area (Å²) in [6, 6.07) is 7.97. The molecule has 0 radical (unpaired) electrons. The standard InChI is InChI=1S/C11H13BrOS/c12-10-5-2-1-4-9(10)11(13)6-3-7-14-8-11/h1-2,4-5,13H,3,6-8H2/t11-/m1/s1. The molecule has 1 atom stereocenters. The highest BCUT2D eigenvalue weighted by Crippen LogP contribution is 2.38. The maximum atomic E-state index is 10.5. The molecule has 1 aromatic carbocycles. The fourth-order valence-electron chi connectivity index (χ4n) is 1.83. The molecule has 2 rings (SSSR count). The molecule has 1 fully saturated rings. The molecule has 14 heavy (non-hydrogen) atoms. The Balaban J connectivity index is 2.32. The van der Waals surface area contributed by atoms with Gasteiger partial charge in [0.15, 0.2) is 0 Å². The van der Waals surface area contributed by atoms with Gasteiger partial charge >= 0.3 is 0 Å². The van der Waals surface area contributed by atoms with Crippen LogP contribution in [-0.2, 0) is 5.60 Å². The maximum absolute atomic E-state index is 10.5. The Kier molecular flexibility index (Phi) is 3.20. The van der Waals surface area contributed by atoms with E-state index in [2.05, 4.69) is 15.9 Å². The Labute approximate surface area is 97.0 Å². The average Bonchev–Trinajstić information content (AvgIpc) is 2.19. The second-order valence-electron chi connectivity index (χ2n) is 3.67. The molecular formula is C11H13BrOS. The Bertz CT molecular complexity index is 321. The van der Waals surface area contributed by atoms with Gasteiger partial charge in [-0.1, -0.05) is 34.1 Å². The molecule has 1 aromatic rings. The van der Waals surface area contributed by atoms with Crippen LogP contribution in [0.4, 0.5) is 0 Å². The fraction of sp³-hybridized carbons (Fsp3) is 0.455. The first-order chi connectivity index (χ1) is 6.72. The molecule has 0 bridgehead atoms. The van der Waals surface area contributed by atoms with Gasteiger partial charge in [-0.25, -0.2) is 0 Å². The van der Waals surface area contributed by atoms with Gasteiger partial charge in [0.25, 0.3) is 0 Å². The third-order valence-electron chi connectivity index (χ3n) is 2.60. The Morgan fingerprint density at radius 3 is 2.79 bits per heavy atom. The topological polar surface area (TPSA) is 20.2 Å². The summed E-state index contributed by atoms with van der Waals surface area (Å²) in [6.07, 6.45) is 1.98. The van der Waals surface area contributed by atoms with Crippen LogP contribution in [0.2, 0.25) is 0 Å². The molecule has 0 saturated carbocycles. The minimum absolute atomic E-state index is 0.622. The monoisotopic (exact) mass is 272 g/mol. The van der Waals surface area contributed by atoms with Crippen LogP contribution in [0, 0.1) is 0 Å². The molecular weight excluding hydrogens is 260 g/mol. The number of benzene rings is 1. The van der Waals surface area contributed by atoms with E-state index in [9.17, 15) is 5.11 Å². The molecule has 76 valence electrons. The molecule has 1 aliphatic heterocycles. The molecule has 3 heteroatoms. The van der Waals surface area contributed by atoms with Crippen molar-refractivity contribution in [3.63, 3.8) is 0 Å². The molecule has 1 saturated heterocycles. The highest BCUT2D eigenvalue weighted by atomic mass is 79.9. The van der Waals surface area contributed by atoms with Gasteiger partial charge in [0.1, 0.15) is 0 Å². The van der Waals surface area contributed by atoms with E-state index < -0.39 is 5.60 Å². The van der Waals surface area contributed by atoms with Crippen LogP contribution < -0.4 is 0 Å². The first kappa shape index (κ1) is 10.5. The molecule has 1 nitrogen and oxygen atoms in total. The van der Waals surface area contributed by atoms with E-state index in [1.165, 1.54) is 5.75 Å². The SMILES string of the molecule is O[C@]1(c2ccccc2Br)CCCSC1. The zero-order valence-electron chi connectivity index (χ0n) is 7.87. The van der Waals surface area contributed by atoms with Crippen molar-refractivity contribution < 1.29 is 5.11 Å². The van der Waals surface area contributed by atoms with Crippen LogP contribution >= 0.6 is 27.7 Å². The smallest absolute Gasteiger partial charge is 0.0997 e. The normalized spacial score (nSPS) is 27.6. The quantitative estimate of drug-likeness (QED) is 0.848. The third-order valence-corrected chi connectivity index (χ3v) is 4.55. The van der Waals surface area contributed by atoms with Gasteiger partial charge in [0, 0.05) is 10.2 Å². The third kappa shape index (κ3) is 2.00. The van der Waals surface area contributed by atoms with Crippen LogP contribution in [0.1, 0.15) is 18.4 Å². The van der Waals surface area contributed by atoms with E-state index >= 15 is 0 Å². The first-order valence-electron chi connectivity index (χ1n) is 4.77. The second kappa shape index (κ2) is 4.25. The van der Waals surface area contributed by atoms with Crippen LogP contribution in [0.25, 0.3) is 0 Å². The van der Waals surface area contributed by atoms with Crippen molar-refractivity contribution in [3.05, 3.63) is 34.3 Å². The van der Waals surface area contributed by atoms with Crippen LogP contribution in [0.5, 0.6) is 0 Å². The lowest BCUT2D eigenvalue weighted by molar-refractivity contribution is 0.0488. The first-order valence-corrected chi connectivity index (χ1v) is 6.72. The number of hydrogen-bond acceptors (Lipinski definition) is 2. The van der Waals surface area contributed by atoms with Crippen LogP contribution in [-0.4, -0.2) is 16.6 Å². The Hall–Kier alpha value is 0.01000. The van der Waals surface area contributed by atoms with Gasteiger partial charge in [-0.3, -0.25) is 0 Å². The van der Waals surface area contributed by atoms with Gasteiger partial charge in [-0.15, -0.1) is 0 Å². The molecule has 0 amide bonds. The van der Waals surface area contributed by atoms with Gasteiger partial charge in [-0.2, -0.15) is 11.8 Å².